The molecule has 9 nitrogen and oxygen atoms in total. The lowest BCUT2D eigenvalue weighted by molar-refractivity contribution is -0.140. The summed E-state index contributed by atoms with van der Waals surface area (Å²) in [5.74, 6) is -0.0538. The van der Waals surface area contributed by atoms with Crippen molar-refractivity contribution >= 4 is 39.1 Å². The van der Waals surface area contributed by atoms with Crippen LogP contribution in [0.1, 0.15) is 51.0 Å². The molecule has 44 heavy (non-hydrogen) atoms. The molecule has 1 aliphatic carbocycles. The van der Waals surface area contributed by atoms with Gasteiger partial charge < -0.3 is 19.7 Å². The van der Waals surface area contributed by atoms with Gasteiger partial charge in [0, 0.05) is 17.6 Å². The number of hydrogen-bond donors (Lipinski definition) is 1. The van der Waals surface area contributed by atoms with Gasteiger partial charge in [-0.25, -0.2) is 8.42 Å². The van der Waals surface area contributed by atoms with Crippen molar-refractivity contribution in [2.24, 2.45) is 0 Å². The number of benzene rings is 3. The molecule has 0 aliphatic heterocycles. The number of para-hydroxylation sites is 2. The minimum atomic E-state index is -4.27. The fourth-order valence-corrected chi connectivity index (χ4v) is 7.12. The molecule has 1 saturated carbocycles. The van der Waals surface area contributed by atoms with Crippen LogP contribution in [0.25, 0.3) is 0 Å². The van der Waals surface area contributed by atoms with Crippen LogP contribution < -0.4 is 19.1 Å². The molecular formula is C33H40ClN3O6S. The van der Waals surface area contributed by atoms with Crippen molar-refractivity contribution in [3.63, 3.8) is 0 Å². The monoisotopic (exact) mass is 641 g/mol. The summed E-state index contributed by atoms with van der Waals surface area (Å²) in [7, 11) is -1.35. The van der Waals surface area contributed by atoms with Crippen molar-refractivity contribution in [3.05, 3.63) is 83.4 Å². The van der Waals surface area contributed by atoms with Crippen LogP contribution in [0.4, 0.5) is 5.69 Å². The fraction of sp³-hybridized carbons (Fsp3) is 0.394. The van der Waals surface area contributed by atoms with Crippen LogP contribution in [-0.2, 0) is 26.2 Å². The number of amides is 2. The van der Waals surface area contributed by atoms with E-state index in [4.69, 9.17) is 21.1 Å². The number of nitrogens with zero attached hydrogens (tertiary/aromatic N) is 2. The molecule has 0 aromatic heterocycles. The largest absolute Gasteiger partial charge is 0.497 e. The second kappa shape index (κ2) is 15.3. The highest BCUT2D eigenvalue weighted by atomic mass is 35.5. The van der Waals surface area contributed by atoms with E-state index in [1.807, 2.05) is 13.0 Å². The molecule has 1 fully saturated rings. The molecule has 4 rings (SSSR count). The number of ether oxygens (including phenoxy) is 2. The highest BCUT2D eigenvalue weighted by Crippen LogP contribution is 2.33. The zero-order chi connectivity index (χ0) is 31.7. The third-order valence-corrected chi connectivity index (χ3v) is 10.1. The first-order valence-corrected chi connectivity index (χ1v) is 16.6. The molecule has 0 saturated heterocycles. The second-order valence-electron chi connectivity index (χ2n) is 10.7. The zero-order valence-corrected chi connectivity index (χ0v) is 26.9. The van der Waals surface area contributed by atoms with E-state index in [2.05, 4.69) is 5.32 Å². The number of nitrogens with one attached hydrogen (secondary N) is 1. The lowest BCUT2D eigenvalue weighted by Gasteiger charge is -2.34. The van der Waals surface area contributed by atoms with Crippen molar-refractivity contribution in [1.29, 1.82) is 0 Å². The summed E-state index contributed by atoms with van der Waals surface area (Å²) in [6.07, 6.45) is 5.34. The molecule has 0 unspecified atom stereocenters. The Morgan fingerprint density at radius 2 is 1.59 bits per heavy atom. The number of methoxy groups -OCH3 is 2. The maximum absolute atomic E-state index is 14.4. The van der Waals surface area contributed by atoms with E-state index in [1.54, 1.807) is 54.6 Å². The van der Waals surface area contributed by atoms with Crippen molar-refractivity contribution < 1.29 is 27.5 Å². The number of hydrogen-bond acceptors (Lipinski definition) is 6. The number of halogens is 1. The van der Waals surface area contributed by atoms with Crippen molar-refractivity contribution in [2.45, 2.75) is 69.0 Å². The van der Waals surface area contributed by atoms with Gasteiger partial charge in [0.25, 0.3) is 10.0 Å². The molecule has 0 spiro atoms. The van der Waals surface area contributed by atoms with Gasteiger partial charge in [-0.2, -0.15) is 0 Å². The van der Waals surface area contributed by atoms with E-state index in [9.17, 15) is 18.0 Å². The Kier molecular flexibility index (Phi) is 11.5. The van der Waals surface area contributed by atoms with Crippen LogP contribution in [0.2, 0.25) is 5.02 Å². The Hall–Kier alpha value is -3.76. The summed E-state index contributed by atoms with van der Waals surface area (Å²) in [5, 5.41) is 3.59. The van der Waals surface area contributed by atoms with Crippen LogP contribution in [0, 0.1) is 0 Å². The summed E-state index contributed by atoms with van der Waals surface area (Å²) < 4.78 is 40.1. The molecule has 11 heteroatoms. The van der Waals surface area contributed by atoms with Gasteiger partial charge in [0.1, 0.15) is 24.1 Å². The molecular weight excluding hydrogens is 602 g/mol. The first-order valence-electron chi connectivity index (χ1n) is 14.8. The van der Waals surface area contributed by atoms with Gasteiger partial charge in [-0.3, -0.25) is 13.9 Å². The maximum Gasteiger partial charge on any atom is 0.264 e. The summed E-state index contributed by atoms with van der Waals surface area (Å²) in [6.45, 7) is 1.29. The van der Waals surface area contributed by atoms with Gasteiger partial charge in [0.15, 0.2) is 0 Å². The molecule has 0 heterocycles. The van der Waals surface area contributed by atoms with Crippen LogP contribution in [-0.4, -0.2) is 58.0 Å². The molecule has 1 aliphatic rings. The Balaban J connectivity index is 1.74. The van der Waals surface area contributed by atoms with Gasteiger partial charge in [-0.1, -0.05) is 68.1 Å². The average molecular weight is 642 g/mol. The number of carbonyl (C=O) groups is 2. The highest BCUT2D eigenvalue weighted by molar-refractivity contribution is 7.92. The Morgan fingerprint density at radius 1 is 0.932 bits per heavy atom. The summed E-state index contributed by atoms with van der Waals surface area (Å²) >= 11 is 6.50. The Labute approximate surface area is 265 Å². The van der Waals surface area contributed by atoms with Gasteiger partial charge in [0.05, 0.1) is 24.8 Å². The topological polar surface area (TPSA) is 105 Å². The molecule has 0 bridgehead atoms. The number of carbonyl (C=O) groups excluding carboxylic acids is 2. The number of rotatable bonds is 13. The van der Waals surface area contributed by atoms with Gasteiger partial charge >= 0.3 is 0 Å². The summed E-state index contributed by atoms with van der Waals surface area (Å²) in [5.41, 5.74) is 0.838. The van der Waals surface area contributed by atoms with Gasteiger partial charge in [-0.15, -0.1) is 0 Å². The van der Waals surface area contributed by atoms with Crippen molar-refractivity contribution in [1.82, 2.24) is 10.2 Å². The van der Waals surface area contributed by atoms with E-state index in [0.717, 1.165) is 36.4 Å². The third-order valence-electron chi connectivity index (χ3n) is 7.92. The Morgan fingerprint density at radius 3 is 2.23 bits per heavy atom. The van der Waals surface area contributed by atoms with E-state index in [0.29, 0.717) is 22.8 Å². The van der Waals surface area contributed by atoms with E-state index >= 15 is 0 Å². The third kappa shape index (κ3) is 7.84. The SMILES string of the molecule is CC[C@@H](C(=O)NC1CCCCC1)N(Cc1ccccc1Cl)C(=O)CN(c1ccccc1OC)S(=O)(=O)c1ccc(OC)cc1. The van der Waals surface area contributed by atoms with Gasteiger partial charge in [-0.05, 0) is 67.3 Å². The van der Waals surface area contributed by atoms with Crippen LogP contribution in [0.5, 0.6) is 11.5 Å². The van der Waals surface area contributed by atoms with Gasteiger partial charge in [0.2, 0.25) is 11.8 Å². The number of sulfonamides is 1. The maximum atomic E-state index is 14.4. The molecule has 2 amide bonds. The van der Waals surface area contributed by atoms with Crippen LogP contribution in [0.3, 0.4) is 0 Å². The number of anilines is 1. The molecule has 0 radical (unpaired) electrons. The van der Waals surface area contributed by atoms with Crippen molar-refractivity contribution in [2.75, 3.05) is 25.1 Å². The van der Waals surface area contributed by atoms with E-state index < -0.39 is 28.5 Å². The normalized spacial score (nSPS) is 14.4. The molecule has 3 aromatic carbocycles. The molecule has 3 aromatic rings. The fourth-order valence-electron chi connectivity index (χ4n) is 5.50. The zero-order valence-electron chi connectivity index (χ0n) is 25.4. The highest BCUT2D eigenvalue weighted by Gasteiger charge is 2.35. The summed E-state index contributed by atoms with van der Waals surface area (Å²) in [6, 6.07) is 18.8. The molecule has 1 N–H and O–H groups in total. The predicted octanol–water partition coefficient (Wildman–Crippen LogP) is 5.81. The second-order valence-corrected chi connectivity index (χ2v) is 13.0. The summed E-state index contributed by atoms with van der Waals surface area (Å²) in [4.78, 5) is 29.5. The van der Waals surface area contributed by atoms with Crippen LogP contribution in [0.15, 0.2) is 77.7 Å². The quantitative estimate of drug-likeness (QED) is 0.253. The lowest BCUT2D eigenvalue weighted by atomic mass is 9.95. The standard InChI is InChI=1S/C33H40ClN3O6S/c1-4-29(33(39)35-25-13-6-5-7-14-25)36(22-24-12-8-9-15-28(24)34)32(38)23-37(30-16-10-11-17-31(30)43-3)44(40,41)27-20-18-26(42-2)19-21-27/h8-12,15-21,25,29H,4-7,13-14,22-23H2,1-3H3,(H,35,39)/t29-/m0/s1. The first-order chi connectivity index (χ1) is 21.2. The smallest absolute Gasteiger partial charge is 0.264 e. The molecule has 1 atom stereocenters. The minimum Gasteiger partial charge on any atom is -0.497 e. The van der Waals surface area contributed by atoms with E-state index in [1.165, 1.54) is 31.3 Å². The predicted molar refractivity (Wildman–Crippen MR) is 172 cm³/mol. The average Bonchev–Trinajstić information content (AvgIpc) is 3.04. The Bertz CT molecular complexity index is 1530. The lowest BCUT2D eigenvalue weighted by Crippen LogP contribution is -2.54. The minimum absolute atomic E-state index is 0.0252. The molecule has 236 valence electrons. The van der Waals surface area contributed by atoms with Crippen molar-refractivity contribution in [3.8, 4) is 11.5 Å². The van der Waals surface area contributed by atoms with E-state index in [-0.39, 0.29) is 34.8 Å². The first kappa shape index (κ1) is 33.1. The van der Waals surface area contributed by atoms with Crippen LogP contribution >= 0.6 is 11.6 Å².